The van der Waals surface area contributed by atoms with E-state index >= 15 is 0 Å². The van der Waals surface area contributed by atoms with Crippen molar-refractivity contribution in [3.63, 3.8) is 0 Å². The zero-order valence-electron chi connectivity index (χ0n) is 12.5. The molecule has 2 atom stereocenters. The maximum absolute atomic E-state index is 11.4. The van der Waals surface area contributed by atoms with Crippen LogP contribution in [0.4, 0.5) is 0 Å². The molecule has 1 aliphatic carbocycles. The summed E-state index contributed by atoms with van der Waals surface area (Å²) in [6, 6.07) is 0. The minimum absolute atomic E-state index is 0.0304. The van der Waals surface area contributed by atoms with E-state index in [-0.39, 0.29) is 11.7 Å². The highest BCUT2D eigenvalue weighted by molar-refractivity contribution is 5.79. The molecule has 0 amide bonds. The topological polar surface area (TPSA) is 67.8 Å². The van der Waals surface area contributed by atoms with Crippen molar-refractivity contribution in [1.29, 1.82) is 0 Å². The summed E-state index contributed by atoms with van der Waals surface area (Å²) < 4.78 is 11.1. The highest BCUT2D eigenvalue weighted by Crippen LogP contribution is 2.32. The number of carbonyl (C=O) groups is 1. The molecule has 5 nitrogen and oxygen atoms in total. The summed E-state index contributed by atoms with van der Waals surface area (Å²) in [6.07, 6.45) is 2.81. The van der Waals surface area contributed by atoms with Gasteiger partial charge < -0.3 is 19.9 Å². The summed E-state index contributed by atoms with van der Waals surface area (Å²) in [5, 5.41) is 12.5. The number of rotatable bonds is 8. The summed E-state index contributed by atoms with van der Waals surface area (Å²) in [7, 11) is 1.69. The molecule has 1 saturated carbocycles. The Hall–Kier alpha value is -0.650. The fraction of sp³-hybridized carbons (Fsp3) is 0.929. The van der Waals surface area contributed by atoms with E-state index in [1.807, 2.05) is 20.8 Å². The highest BCUT2D eigenvalue weighted by Gasteiger charge is 2.45. The summed E-state index contributed by atoms with van der Waals surface area (Å²) in [4.78, 5) is 11.4. The molecule has 5 heteroatoms. The molecule has 0 bridgehead atoms. The van der Waals surface area contributed by atoms with Crippen LogP contribution in [-0.2, 0) is 14.3 Å². The van der Waals surface area contributed by atoms with Crippen LogP contribution in [0.3, 0.4) is 0 Å². The largest absolute Gasteiger partial charge is 0.480 e. The predicted molar refractivity (Wildman–Crippen MR) is 73.3 cm³/mol. The van der Waals surface area contributed by atoms with Crippen LogP contribution in [0.1, 0.15) is 46.5 Å². The molecule has 1 aliphatic rings. The third-order valence-corrected chi connectivity index (χ3v) is 4.00. The van der Waals surface area contributed by atoms with E-state index in [0.29, 0.717) is 26.0 Å². The van der Waals surface area contributed by atoms with E-state index in [0.717, 1.165) is 12.8 Å². The van der Waals surface area contributed by atoms with Crippen molar-refractivity contribution in [2.75, 3.05) is 20.3 Å². The van der Waals surface area contributed by atoms with E-state index in [1.54, 1.807) is 7.11 Å². The van der Waals surface area contributed by atoms with Crippen LogP contribution in [0.15, 0.2) is 0 Å². The second kappa shape index (κ2) is 6.68. The molecular formula is C14H27NO4. The van der Waals surface area contributed by atoms with E-state index < -0.39 is 11.5 Å². The SMILES string of the molecule is CCNC1(C(=O)O)CCC(OCCC(C)(C)OC)C1. The molecule has 112 valence electrons. The summed E-state index contributed by atoms with van der Waals surface area (Å²) in [6.45, 7) is 7.24. The van der Waals surface area contributed by atoms with Gasteiger partial charge in [0.1, 0.15) is 5.54 Å². The van der Waals surface area contributed by atoms with Crippen LogP contribution in [0.5, 0.6) is 0 Å². The van der Waals surface area contributed by atoms with Crippen molar-refractivity contribution >= 4 is 5.97 Å². The Labute approximate surface area is 115 Å². The van der Waals surface area contributed by atoms with Gasteiger partial charge >= 0.3 is 5.97 Å². The van der Waals surface area contributed by atoms with Gasteiger partial charge in [-0.2, -0.15) is 0 Å². The second-order valence-electron chi connectivity index (χ2n) is 5.87. The Morgan fingerprint density at radius 2 is 2.21 bits per heavy atom. The fourth-order valence-corrected chi connectivity index (χ4v) is 2.48. The monoisotopic (exact) mass is 273 g/mol. The number of hydrogen-bond donors (Lipinski definition) is 2. The van der Waals surface area contributed by atoms with Gasteiger partial charge in [0.25, 0.3) is 0 Å². The summed E-state index contributed by atoms with van der Waals surface area (Å²) in [5.74, 6) is -0.766. The van der Waals surface area contributed by atoms with Crippen molar-refractivity contribution in [3.8, 4) is 0 Å². The van der Waals surface area contributed by atoms with Gasteiger partial charge in [0.2, 0.25) is 0 Å². The van der Waals surface area contributed by atoms with Crippen molar-refractivity contribution in [1.82, 2.24) is 5.32 Å². The number of ether oxygens (including phenoxy) is 2. The van der Waals surface area contributed by atoms with Gasteiger partial charge in [-0.05, 0) is 39.7 Å². The lowest BCUT2D eigenvalue weighted by molar-refractivity contribution is -0.145. The Balaban J connectivity index is 2.41. The summed E-state index contributed by atoms with van der Waals surface area (Å²) in [5.41, 5.74) is -0.986. The molecule has 0 aromatic carbocycles. The van der Waals surface area contributed by atoms with Crippen molar-refractivity contribution in [2.45, 2.75) is 63.7 Å². The smallest absolute Gasteiger partial charge is 0.323 e. The van der Waals surface area contributed by atoms with E-state index in [9.17, 15) is 9.90 Å². The molecule has 0 aromatic heterocycles. The van der Waals surface area contributed by atoms with Crippen LogP contribution in [0.2, 0.25) is 0 Å². The lowest BCUT2D eigenvalue weighted by Gasteiger charge is -2.26. The van der Waals surface area contributed by atoms with Crippen LogP contribution in [-0.4, -0.2) is 48.6 Å². The molecule has 0 heterocycles. The molecule has 1 fully saturated rings. The molecule has 0 saturated heterocycles. The first-order valence-electron chi connectivity index (χ1n) is 7.00. The van der Waals surface area contributed by atoms with E-state index in [4.69, 9.17) is 9.47 Å². The van der Waals surface area contributed by atoms with Crippen molar-refractivity contribution < 1.29 is 19.4 Å². The number of carboxylic acid groups (broad SMARTS) is 1. The number of aliphatic carboxylic acids is 1. The predicted octanol–water partition coefficient (Wildman–Crippen LogP) is 1.80. The number of likely N-dealkylation sites (N-methyl/N-ethyl adjacent to an activating group) is 1. The Morgan fingerprint density at radius 3 is 2.74 bits per heavy atom. The number of nitrogens with one attached hydrogen (secondary N) is 1. The van der Waals surface area contributed by atoms with Gasteiger partial charge in [0, 0.05) is 20.1 Å². The molecule has 19 heavy (non-hydrogen) atoms. The van der Waals surface area contributed by atoms with Crippen LogP contribution in [0, 0.1) is 0 Å². The zero-order valence-corrected chi connectivity index (χ0v) is 12.5. The van der Waals surface area contributed by atoms with Gasteiger partial charge in [-0.3, -0.25) is 4.79 Å². The number of methoxy groups -OCH3 is 1. The lowest BCUT2D eigenvalue weighted by Crippen LogP contribution is -2.50. The zero-order chi connectivity index (χ0) is 14.5. The van der Waals surface area contributed by atoms with Gasteiger partial charge in [-0.25, -0.2) is 0 Å². The van der Waals surface area contributed by atoms with Gasteiger partial charge in [-0.1, -0.05) is 6.92 Å². The maximum atomic E-state index is 11.4. The first-order valence-corrected chi connectivity index (χ1v) is 7.00. The van der Waals surface area contributed by atoms with Crippen LogP contribution < -0.4 is 5.32 Å². The molecule has 2 unspecified atom stereocenters. The van der Waals surface area contributed by atoms with E-state index in [2.05, 4.69) is 5.32 Å². The van der Waals surface area contributed by atoms with Gasteiger partial charge in [0.05, 0.1) is 11.7 Å². The van der Waals surface area contributed by atoms with Crippen LogP contribution >= 0.6 is 0 Å². The molecule has 0 aromatic rings. The molecule has 0 radical (unpaired) electrons. The molecular weight excluding hydrogens is 246 g/mol. The minimum Gasteiger partial charge on any atom is -0.480 e. The van der Waals surface area contributed by atoms with Gasteiger partial charge in [-0.15, -0.1) is 0 Å². The van der Waals surface area contributed by atoms with Crippen LogP contribution in [0.25, 0.3) is 0 Å². The Bertz CT molecular complexity index is 306. The molecule has 0 aliphatic heterocycles. The van der Waals surface area contributed by atoms with E-state index in [1.165, 1.54) is 0 Å². The number of carboxylic acids is 1. The molecule has 2 N–H and O–H groups in total. The minimum atomic E-state index is -0.795. The van der Waals surface area contributed by atoms with Gasteiger partial charge in [0.15, 0.2) is 0 Å². The average molecular weight is 273 g/mol. The molecule has 1 rings (SSSR count). The maximum Gasteiger partial charge on any atom is 0.323 e. The first-order chi connectivity index (χ1) is 8.85. The number of hydrogen-bond acceptors (Lipinski definition) is 4. The quantitative estimate of drug-likeness (QED) is 0.706. The Morgan fingerprint density at radius 1 is 1.53 bits per heavy atom. The third kappa shape index (κ3) is 4.44. The highest BCUT2D eigenvalue weighted by atomic mass is 16.5. The average Bonchev–Trinajstić information content (AvgIpc) is 2.74. The fourth-order valence-electron chi connectivity index (χ4n) is 2.48. The first kappa shape index (κ1) is 16.4. The second-order valence-corrected chi connectivity index (χ2v) is 5.87. The lowest BCUT2D eigenvalue weighted by atomic mass is 9.98. The standard InChI is InChI=1S/C14H27NO4/c1-5-15-14(12(16)17)7-6-11(10-14)19-9-8-13(2,3)18-4/h11,15H,5-10H2,1-4H3,(H,16,17). The normalized spacial score (nSPS) is 27.7. The Kier molecular flexibility index (Phi) is 5.77. The van der Waals surface area contributed by atoms with Crippen molar-refractivity contribution in [2.24, 2.45) is 0 Å². The third-order valence-electron chi connectivity index (χ3n) is 4.00. The molecule has 0 spiro atoms. The van der Waals surface area contributed by atoms with Crippen molar-refractivity contribution in [3.05, 3.63) is 0 Å². The summed E-state index contributed by atoms with van der Waals surface area (Å²) >= 11 is 0.